The van der Waals surface area contributed by atoms with E-state index in [9.17, 15) is 9.59 Å². The van der Waals surface area contributed by atoms with Crippen LogP contribution in [0.25, 0.3) is 10.8 Å². The monoisotopic (exact) mass is 328 g/mol. The maximum Gasteiger partial charge on any atom is 0.407 e. The maximum atomic E-state index is 12.0. The number of benzene rings is 2. The van der Waals surface area contributed by atoms with Gasteiger partial charge in [0.15, 0.2) is 0 Å². The molecule has 2 atom stereocenters. The van der Waals surface area contributed by atoms with Gasteiger partial charge in [-0.1, -0.05) is 42.5 Å². The second kappa shape index (κ2) is 7.31. The van der Waals surface area contributed by atoms with Crippen LogP contribution in [0, 0.1) is 0 Å². The Morgan fingerprint density at radius 3 is 2.92 bits per heavy atom. The summed E-state index contributed by atoms with van der Waals surface area (Å²) in [6.45, 7) is 2.55. The summed E-state index contributed by atoms with van der Waals surface area (Å²) in [5.74, 6) is -0.140. The lowest BCUT2D eigenvalue weighted by Crippen LogP contribution is -2.48. The first-order chi connectivity index (χ1) is 11.6. The van der Waals surface area contributed by atoms with Gasteiger partial charge in [-0.15, -0.1) is 0 Å². The fourth-order valence-electron chi connectivity index (χ4n) is 2.73. The Morgan fingerprint density at radius 2 is 2.12 bits per heavy atom. The zero-order chi connectivity index (χ0) is 16.9. The summed E-state index contributed by atoms with van der Waals surface area (Å²) in [4.78, 5) is 23.0. The molecule has 1 aliphatic heterocycles. The topological polar surface area (TPSA) is 76.7 Å². The summed E-state index contributed by atoms with van der Waals surface area (Å²) in [6, 6.07) is 13.9. The highest BCUT2D eigenvalue weighted by atomic mass is 16.6. The van der Waals surface area contributed by atoms with Crippen molar-refractivity contribution in [3.63, 3.8) is 0 Å². The summed E-state index contributed by atoms with van der Waals surface area (Å²) in [7, 11) is 0. The molecule has 2 N–H and O–H groups in total. The first kappa shape index (κ1) is 16.3. The third kappa shape index (κ3) is 3.83. The number of amides is 2. The number of ether oxygens (including phenoxy) is 2. The molecule has 6 heteroatoms. The highest BCUT2D eigenvalue weighted by Gasteiger charge is 2.20. The zero-order valence-corrected chi connectivity index (χ0v) is 13.5. The fourth-order valence-corrected chi connectivity index (χ4v) is 2.73. The first-order valence-electron chi connectivity index (χ1n) is 7.94. The van der Waals surface area contributed by atoms with Gasteiger partial charge in [0.1, 0.15) is 12.7 Å². The molecule has 1 heterocycles. The minimum Gasteiger partial charge on any atom is -0.442 e. The van der Waals surface area contributed by atoms with Gasteiger partial charge >= 0.3 is 6.09 Å². The van der Waals surface area contributed by atoms with Crippen LogP contribution in [0.15, 0.2) is 42.5 Å². The fraction of sp³-hybridized carbons (Fsp3) is 0.333. The number of nitrogens with one attached hydrogen (secondary N) is 2. The number of morpholine rings is 1. The predicted octanol–water partition coefficient (Wildman–Crippen LogP) is 2.14. The molecule has 2 aromatic rings. The SMILES string of the molecule is C[C@@H](OC(=O)NCC1CNC(=O)CO1)c1cccc2ccccc12. The lowest BCUT2D eigenvalue weighted by atomic mass is 10.0. The Hall–Kier alpha value is -2.60. The van der Waals surface area contributed by atoms with Crippen LogP contribution in [-0.4, -0.2) is 37.8 Å². The van der Waals surface area contributed by atoms with Crippen LogP contribution < -0.4 is 10.6 Å². The Labute approximate surface area is 140 Å². The summed E-state index contributed by atoms with van der Waals surface area (Å²) in [5.41, 5.74) is 0.962. The number of alkyl carbamates (subject to hydrolysis) is 1. The van der Waals surface area contributed by atoms with Crippen molar-refractivity contribution in [2.24, 2.45) is 0 Å². The van der Waals surface area contributed by atoms with Crippen LogP contribution in [0.3, 0.4) is 0 Å². The number of carbonyl (C=O) groups is 2. The molecule has 24 heavy (non-hydrogen) atoms. The van der Waals surface area contributed by atoms with Gasteiger partial charge in [0.2, 0.25) is 5.91 Å². The summed E-state index contributed by atoms with van der Waals surface area (Å²) in [6.07, 6.45) is -1.11. The first-order valence-corrected chi connectivity index (χ1v) is 7.94. The lowest BCUT2D eigenvalue weighted by molar-refractivity contribution is -0.132. The van der Waals surface area contributed by atoms with E-state index in [1.165, 1.54) is 0 Å². The second-order valence-electron chi connectivity index (χ2n) is 5.73. The molecule has 1 unspecified atom stereocenters. The van der Waals surface area contributed by atoms with Gasteiger partial charge in [-0.2, -0.15) is 0 Å². The quantitative estimate of drug-likeness (QED) is 0.901. The molecule has 6 nitrogen and oxygen atoms in total. The van der Waals surface area contributed by atoms with Crippen molar-refractivity contribution in [3.8, 4) is 0 Å². The van der Waals surface area contributed by atoms with E-state index in [0.29, 0.717) is 13.1 Å². The molecule has 1 fully saturated rings. The van der Waals surface area contributed by atoms with Gasteiger partial charge in [-0.25, -0.2) is 4.79 Å². The summed E-state index contributed by atoms with van der Waals surface area (Å²) >= 11 is 0. The van der Waals surface area contributed by atoms with Crippen LogP contribution in [0.1, 0.15) is 18.6 Å². The van der Waals surface area contributed by atoms with Crippen LogP contribution in [0.4, 0.5) is 4.79 Å². The minimum atomic E-state index is -0.504. The van der Waals surface area contributed by atoms with E-state index in [0.717, 1.165) is 16.3 Å². The van der Waals surface area contributed by atoms with Crippen molar-refractivity contribution in [2.45, 2.75) is 19.1 Å². The van der Waals surface area contributed by atoms with Crippen LogP contribution in [0.5, 0.6) is 0 Å². The van der Waals surface area contributed by atoms with E-state index >= 15 is 0 Å². The Morgan fingerprint density at radius 1 is 1.33 bits per heavy atom. The Kier molecular flexibility index (Phi) is 4.96. The van der Waals surface area contributed by atoms with Crippen LogP contribution >= 0.6 is 0 Å². The molecule has 2 aromatic carbocycles. The molecule has 1 aliphatic rings. The summed E-state index contributed by atoms with van der Waals surface area (Å²) in [5, 5.41) is 7.54. The Bertz CT molecular complexity index is 731. The lowest BCUT2D eigenvalue weighted by Gasteiger charge is -2.23. The molecular weight excluding hydrogens is 308 g/mol. The van der Waals surface area contributed by atoms with Crippen molar-refractivity contribution >= 4 is 22.8 Å². The van der Waals surface area contributed by atoms with Crippen LogP contribution in [-0.2, 0) is 14.3 Å². The molecule has 126 valence electrons. The molecular formula is C18H20N2O4. The third-order valence-electron chi connectivity index (χ3n) is 4.00. The molecule has 0 aliphatic carbocycles. The van der Waals surface area contributed by atoms with Gasteiger partial charge < -0.3 is 20.1 Å². The normalized spacial score (nSPS) is 18.7. The van der Waals surface area contributed by atoms with Crippen molar-refractivity contribution < 1.29 is 19.1 Å². The largest absolute Gasteiger partial charge is 0.442 e. The molecule has 2 amide bonds. The van der Waals surface area contributed by atoms with Crippen molar-refractivity contribution in [1.82, 2.24) is 10.6 Å². The minimum absolute atomic E-state index is 0.0216. The average molecular weight is 328 g/mol. The molecule has 3 rings (SSSR count). The van der Waals surface area contributed by atoms with Crippen molar-refractivity contribution in [2.75, 3.05) is 19.7 Å². The van der Waals surface area contributed by atoms with Crippen molar-refractivity contribution in [1.29, 1.82) is 0 Å². The maximum absolute atomic E-state index is 12.0. The van der Waals surface area contributed by atoms with Gasteiger partial charge in [-0.3, -0.25) is 4.79 Å². The standard InChI is InChI=1S/C18H20N2O4/c1-12(15-8-4-6-13-5-2-3-7-16(13)15)24-18(22)20-10-14-9-19-17(21)11-23-14/h2-8,12,14H,9-11H2,1H3,(H,19,21)(H,20,22)/t12-,14?/m1/s1. The van der Waals surface area contributed by atoms with E-state index in [4.69, 9.17) is 9.47 Å². The Balaban J connectivity index is 1.56. The van der Waals surface area contributed by atoms with E-state index in [1.54, 1.807) is 0 Å². The van der Waals surface area contributed by atoms with E-state index in [1.807, 2.05) is 49.4 Å². The molecule has 0 spiro atoms. The number of rotatable bonds is 4. The molecule has 0 saturated carbocycles. The van der Waals surface area contributed by atoms with E-state index < -0.39 is 6.09 Å². The van der Waals surface area contributed by atoms with Crippen molar-refractivity contribution in [3.05, 3.63) is 48.0 Å². The second-order valence-corrected chi connectivity index (χ2v) is 5.73. The zero-order valence-electron chi connectivity index (χ0n) is 13.5. The highest BCUT2D eigenvalue weighted by molar-refractivity contribution is 5.86. The van der Waals surface area contributed by atoms with Crippen LogP contribution in [0.2, 0.25) is 0 Å². The average Bonchev–Trinajstić information content (AvgIpc) is 2.60. The number of hydrogen-bond acceptors (Lipinski definition) is 4. The predicted molar refractivity (Wildman–Crippen MR) is 89.6 cm³/mol. The number of fused-ring (bicyclic) bond motifs is 1. The van der Waals surface area contributed by atoms with Gasteiger partial charge in [0.25, 0.3) is 0 Å². The third-order valence-corrected chi connectivity index (χ3v) is 4.00. The molecule has 1 saturated heterocycles. The van der Waals surface area contributed by atoms with Gasteiger partial charge in [0, 0.05) is 18.7 Å². The number of hydrogen-bond donors (Lipinski definition) is 2. The van der Waals surface area contributed by atoms with Gasteiger partial charge in [-0.05, 0) is 17.7 Å². The highest BCUT2D eigenvalue weighted by Crippen LogP contribution is 2.26. The molecule has 0 radical (unpaired) electrons. The smallest absolute Gasteiger partial charge is 0.407 e. The van der Waals surface area contributed by atoms with E-state index in [2.05, 4.69) is 10.6 Å². The number of carbonyl (C=O) groups excluding carboxylic acids is 2. The van der Waals surface area contributed by atoms with Gasteiger partial charge in [0.05, 0.1) is 6.10 Å². The van der Waals surface area contributed by atoms with E-state index in [-0.39, 0.29) is 24.7 Å². The summed E-state index contributed by atoms with van der Waals surface area (Å²) < 4.78 is 10.8. The molecule has 0 aromatic heterocycles. The molecule has 0 bridgehead atoms.